The first kappa shape index (κ1) is 17.3. The molecule has 2 nitrogen and oxygen atoms in total. The zero-order chi connectivity index (χ0) is 14.9. The van der Waals surface area contributed by atoms with Crippen LogP contribution in [-0.4, -0.2) is 24.8 Å². The van der Waals surface area contributed by atoms with Gasteiger partial charge in [-0.3, -0.25) is 0 Å². The fraction of sp³-hybridized carbons (Fsp3) is 1.00. The van der Waals surface area contributed by atoms with Gasteiger partial charge in [0.2, 0.25) is 0 Å². The molecule has 124 valence electrons. The average molecular weight is 296 g/mol. The molecule has 0 aliphatic carbocycles. The molecule has 4 unspecified atom stereocenters. The Labute approximate surface area is 132 Å². The van der Waals surface area contributed by atoms with Crippen molar-refractivity contribution in [2.45, 2.75) is 109 Å². The Kier molecular flexibility index (Phi) is 8.10. The number of ether oxygens (including phenoxy) is 1. The number of rotatable bonds is 12. The van der Waals surface area contributed by atoms with E-state index >= 15 is 0 Å². The highest BCUT2D eigenvalue weighted by atomic mass is 16.5. The van der Waals surface area contributed by atoms with Crippen molar-refractivity contribution >= 4 is 0 Å². The number of fused-ring (bicyclic) bond motifs is 2. The van der Waals surface area contributed by atoms with Gasteiger partial charge in [0.25, 0.3) is 0 Å². The highest BCUT2D eigenvalue weighted by molar-refractivity contribution is 4.95. The Balaban J connectivity index is 1.56. The van der Waals surface area contributed by atoms with Crippen LogP contribution in [0.5, 0.6) is 0 Å². The summed E-state index contributed by atoms with van der Waals surface area (Å²) in [6.07, 6.45) is 17.9. The van der Waals surface area contributed by atoms with Crippen molar-refractivity contribution in [3.63, 3.8) is 0 Å². The van der Waals surface area contributed by atoms with E-state index in [-0.39, 0.29) is 0 Å². The van der Waals surface area contributed by atoms with Crippen LogP contribution in [0, 0.1) is 5.92 Å². The summed E-state index contributed by atoms with van der Waals surface area (Å²) in [5.74, 6) is 0.799. The van der Waals surface area contributed by atoms with E-state index in [1.54, 1.807) is 0 Å². The van der Waals surface area contributed by atoms with Gasteiger partial charge in [-0.05, 0) is 32.2 Å². The van der Waals surface area contributed by atoms with Crippen molar-refractivity contribution in [1.82, 2.24) is 5.32 Å². The summed E-state index contributed by atoms with van der Waals surface area (Å²) in [5.41, 5.74) is 0. The summed E-state index contributed by atoms with van der Waals surface area (Å²) >= 11 is 0. The molecule has 2 aliphatic heterocycles. The van der Waals surface area contributed by atoms with Crippen LogP contribution < -0.4 is 5.32 Å². The van der Waals surface area contributed by atoms with Crippen molar-refractivity contribution in [2.24, 2.45) is 5.92 Å². The third kappa shape index (κ3) is 5.56. The lowest BCUT2D eigenvalue weighted by molar-refractivity contribution is 0.0848. The van der Waals surface area contributed by atoms with Gasteiger partial charge >= 0.3 is 0 Å². The molecule has 0 aromatic carbocycles. The SMILES string of the molecule is CCCCCCCCCCC(NCC)C1CC2CCC1O2. The largest absolute Gasteiger partial charge is 0.375 e. The highest BCUT2D eigenvalue weighted by Gasteiger charge is 2.43. The Morgan fingerprint density at radius 3 is 2.24 bits per heavy atom. The average Bonchev–Trinajstić information content (AvgIpc) is 3.11. The Hall–Kier alpha value is -0.0800. The Morgan fingerprint density at radius 2 is 1.67 bits per heavy atom. The standard InChI is InChI=1S/C19H37NO/c1-3-5-6-7-8-9-10-11-12-18(20-4-2)17-15-16-13-14-19(17)21-16/h16-20H,3-15H2,1-2H3. The molecule has 2 rings (SSSR count). The summed E-state index contributed by atoms with van der Waals surface area (Å²) < 4.78 is 6.05. The lowest BCUT2D eigenvalue weighted by atomic mass is 9.82. The number of unbranched alkanes of at least 4 members (excludes halogenated alkanes) is 7. The van der Waals surface area contributed by atoms with Crippen LogP contribution in [0.2, 0.25) is 0 Å². The topological polar surface area (TPSA) is 21.3 Å². The van der Waals surface area contributed by atoms with Crippen LogP contribution >= 0.6 is 0 Å². The third-order valence-corrected chi connectivity index (χ3v) is 5.50. The molecule has 2 aliphatic rings. The molecule has 0 radical (unpaired) electrons. The first-order valence-electron chi connectivity index (χ1n) is 9.74. The summed E-state index contributed by atoms with van der Waals surface area (Å²) in [7, 11) is 0. The summed E-state index contributed by atoms with van der Waals surface area (Å²) in [5, 5.41) is 3.75. The monoisotopic (exact) mass is 295 g/mol. The molecule has 0 amide bonds. The molecule has 4 atom stereocenters. The van der Waals surface area contributed by atoms with Crippen molar-refractivity contribution < 1.29 is 4.74 Å². The second-order valence-corrected chi connectivity index (χ2v) is 7.20. The van der Waals surface area contributed by atoms with Gasteiger partial charge in [0.15, 0.2) is 0 Å². The van der Waals surface area contributed by atoms with Crippen LogP contribution in [0.1, 0.15) is 90.9 Å². The van der Waals surface area contributed by atoms with E-state index in [1.165, 1.54) is 77.0 Å². The van der Waals surface area contributed by atoms with Gasteiger partial charge in [0, 0.05) is 12.0 Å². The maximum atomic E-state index is 6.05. The van der Waals surface area contributed by atoms with Crippen LogP contribution in [0.25, 0.3) is 0 Å². The minimum absolute atomic E-state index is 0.577. The van der Waals surface area contributed by atoms with Gasteiger partial charge in [0.1, 0.15) is 0 Å². The van der Waals surface area contributed by atoms with Crippen LogP contribution in [0.15, 0.2) is 0 Å². The lowest BCUT2D eigenvalue weighted by Crippen LogP contribution is -2.40. The van der Waals surface area contributed by atoms with Crippen LogP contribution in [0.3, 0.4) is 0 Å². The molecule has 2 saturated heterocycles. The summed E-state index contributed by atoms with van der Waals surface area (Å²) in [6, 6.07) is 0.713. The minimum Gasteiger partial charge on any atom is -0.375 e. The van der Waals surface area contributed by atoms with Crippen LogP contribution in [0.4, 0.5) is 0 Å². The molecule has 1 N–H and O–H groups in total. The zero-order valence-corrected chi connectivity index (χ0v) is 14.4. The third-order valence-electron chi connectivity index (χ3n) is 5.50. The van der Waals surface area contributed by atoms with Crippen LogP contribution in [-0.2, 0) is 4.74 Å². The maximum absolute atomic E-state index is 6.05. The van der Waals surface area contributed by atoms with E-state index < -0.39 is 0 Å². The van der Waals surface area contributed by atoms with E-state index in [9.17, 15) is 0 Å². The molecule has 0 spiro atoms. The highest BCUT2D eigenvalue weighted by Crippen LogP contribution is 2.41. The number of hydrogen-bond acceptors (Lipinski definition) is 2. The molecule has 0 saturated carbocycles. The molecule has 2 heteroatoms. The molecule has 2 bridgehead atoms. The lowest BCUT2D eigenvalue weighted by Gasteiger charge is -2.29. The Morgan fingerprint density at radius 1 is 0.952 bits per heavy atom. The predicted molar refractivity (Wildman–Crippen MR) is 90.7 cm³/mol. The second kappa shape index (κ2) is 9.84. The van der Waals surface area contributed by atoms with Crippen molar-refractivity contribution in [3.8, 4) is 0 Å². The normalized spacial score (nSPS) is 29.1. The predicted octanol–water partition coefficient (Wildman–Crippen LogP) is 5.06. The van der Waals surface area contributed by atoms with Gasteiger partial charge in [-0.2, -0.15) is 0 Å². The molecule has 0 aromatic rings. The van der Waals surface area contributed by atoms with Gasteiger partial charge in [-0.15, -0.1) is 0 Å². The first-order chi connectivity index (χ1) is 10.3. The maximum Gasteiger partial charge on any atom is 0.0623 e. The van der Waals surface area contributed by atoms with Gasteiger partial charge < -0.3 is 10.1 Å². The molecule has 2 heterocycles. The number of hydrogen-bond donors (Lipinski definition) is 1. The van der Waals surface area contributed by atoms with Crippen molar-refractivity contribution in [1.29, 1.82) is 0 Å². The molecular weight excluding hydrogens is 258 g/mol. The zero-order valence-electron chi connectivity index (χ0n) is 14.4. The van der Waals surface area contributed by atoms with E-state index in [4.69, 9.17) is 4.74 Å². The molecule has 21 heavy (non-hydrogen) atoms. The van der Waals surface area contributed by atoms with Gasteiger partial charge in [0.05, 0.1) is 12.2 Å². The quantitative estimate of drug-likeness (QED) is 0.508. The van der Waals surface area contributed by atoms with Gasteiger partial charge in [-0.25, -0.2) is 0 Å². The summed E-state index contributed by atoms with van der Waals surface area (Å²) in [4.78, 5) is 0. The Bertz CT molecular complexity index is 268. The fourth-order valence-corrected chi connectivity index (χ4v) is 4.33. The summed E-state index contributed by atoms with van der Waals surface area (Å²) in [6.45, 7) is 5.64. The van der Waals surface area contributed by atoms with Crippen molar-refractivity contribution in [3.05, 3.63) is 0 Å². The minimum atomic E-state index is 0.577. The molecule has 0 aromatic heterocycles. The van der Waals surface area contributed by atoms with E-state index in [1.807, 2.05) is 0 Å². The van der Waals surface area contributed by atoms with E-state index in [2.05, 4.69) is 19.2 Å². The van der Waals surface area contributed by atoms with Crippen molar-refractivity contribution in [2.75, 3.05) is 6.54 Å². The smallest absolute Gasteiger partial charge is 0.0623 e. The molecular formula is C19H37NO. The van der Waals surface area contributed by atoms with Gasteiger partial charge in [-0.1, -0.05) is 65.2 Å². The van der Waals surface area contributed by atoms with E-state index in [0.29, 0.717) is 18.2 Å². The number of nitrogens with one attached hydrogen (secondary N) is 1. The molecule has 2 fully saturated rings. The second-order valence-electron chi connectivity index (χ2n) is 7.20. The fourth-order valence-electron chi connectivity index (χ4n) is 4.33. The van der Waals surface area contributed by atoms with E-state index in [0.717, 1.165) is 12.5 Å². The first-order valence-corrected chi connectivity index (χ1v) is 9.74.